The molecule has 0 unspecified atom stereocenters. The van der Waals surface area contributed by atoms with Crippen LogP contribution in [0.5, 0.6) is 0 Å². The summed E-state index contributed by atoms with van der Waals surface area (Å²) in [6.45, 7) is 0.666. The standard InChI is InChI=1S/C20H23ClN2O3S/c21-18-13-16(20(24)22-14-15-7-3-1-4-8-15)11-12-19(18)23-27(25,26)17-9-5-2-6-10-17/h2,5-6,9-13,15,23H,1,3-4,7-8,14H2,(H,22,24). The van der Waals surface area contributed by atoms with E-state index in [1.165, 1.54) is 43.5 Å². The number of carbonyl (C=O) groups excluding carboxylic acids is 1. The van der Waals surface area contributed by atoms with Gasteiger partial charge in [0.15, 0.2) is 0 Å². The van der Waals surface area contributed by atoms with E-state index in [-0.39, 0.29) is 21.5 Å². The molecular weight excluding hydrogens is 384 g/mol. The van der Waals surface area contributed by atoms with Crippen LogP contribution in [-0.4, -0.2) is 20.9 Å². The van der Waals surface area contributed by atoms with Crippen LogP contribution in [0, 0.1) is 5.92 Å². The fraction of sp³-hybridized carbons (Fsp3) is 0.350. The molecule has 2 aromatic rings. The smallest absolute Gasteiger partial charge is 0.261 e. The number of hydrogen-bond donors (Lipinski definition) is 2. The zero-order valence-electron chi connectivity index (χ0n) is 14.9. The molecule has 0 aromatic heterocycles. The molecule has 2 aromatic carbocycles. The van der Waals surface area contributed by atoms with Crippen molar-refractivity contribution >= 4 is 33.2 Å². The van der Waals surface area contributed by atoms with Crippen molar-refractivity contribution in [1.29, 1.82) is 0 Å². The predicted molar refractivity (Wildman–Crippen MR) is 108 cm³/mol. The summed E-state index contributed by atoms with van der Waals surface area (Å²) < 4.78 is 27.3. The van der Waals surface area contributed by atoms with Crippen molar-refractivity contribution in [2.75, 3.05) is 11.3 Å². The van der Waals surface area contributed by atoms with Crippen LogP contribution in [0.15, 0.2) is 53.4 Å². The Morgan fingerprint density at radius 1 is 1.04 bits per heavy atom. The Morgan fingerprint density at radius 2 is 1.74 bits per heavy atom. The molecule has 7 heteroatoms. The van der Waals surface area contributed by atoms with Crippen molar-refractivity contribution in [1.82, 2.24) is 5.32 Å². The summed E-state index contributed by atoms with van der Waals surface area (Å²) in [5, 5.41) is 3.13. The second kappa shape index (κ2) is 8.76. The highest BCUT2D eigenvalue weighted by Crippen LogP contribution is 2.26. The van der Waals surface area contributed by atoms with E-state index >= 15 is 0 Å². The van der Waals surface area contributed by atoms with Crippen molar-refractivity contribution in [2.24, 2.45) is 5.92 Å². The topological polar surface area (TPSA) is 75.3 Å². The molecule has 1 amide bonds. The average molecular weight is 407 g/mol. The van der Waals surface area contributed by atoms with Crippen LogP contribution in [0.25, 0.3) is 0 Å². The largest absolute Gasteiger partial charge is 0.352 e. The van der Waals surface area contributed by atoms with Crippen LogP contribution >= 0.6 is 11.6 Å². The van der Waals surface area contributed by atoms with Crippen LogP contribution < -0.4 is 10.0 Å². The Hall–Kier alpha value is -2.05. The molecule has 0 bridgehead atoms. The molecule has 0 saturated heterocycles. The molecule has 0 heterocycles. The van der Waals surface area contributed by atoms with Gasteiger partial charge in [0, 0.05) is 12.1 Å². The van der Waals surface area contributed by atoms with Gasteiger partial charge in [-0.25, -0.2) is 8.42 Å². The van der Waals surface area contributed by atoms with Crippen LogP contribution in [0.4, 0.5) is 5.69 Å². The van der Waals surface area contributed by atoms with Gasteiger partial charge in [0.25, 0.3) is 15.9 Å². The summed E-state index contributed by atoms with van der Waals surface area (Å²) in [5.74, 6) is 0.343. The maximum Gasteiger partial charge on any atom is 0.261 e. The number of amides is 1. The van der Waals surface area contributed by atoms with Gasteiger partial charge in [-0.3, -0.25) is 9.52 Å². The van der Waals surface area contributed by atoms with Crippen LogP contribution in [0.1, 0.15) is 42.5 Å². The third kappa shape index (κ3) is 5.23. The van der Waals surface area contributed by atoms with E-state index in [0.717, 1.165) is 12.8 Å². The highest BCUT2D eigenvalue weighted by atomic mass is 35.5. The second-order valence-corrected chi connectivity index (χ2v) is 8.92. The van der Waals surface area contributed by atoms with Gasteiger partial charge < -0.3 is 5.32 Å². The van der Waals surface area contributed by atoms with E-state index in [2.05, 4.69) is 10.0 Å². The Morgan fingerprint density at radius 3 is 2.41 bits per heavy atom. The molecule has 1 aliphatic carbocycles. The molecule has 1 aliphatic rings. The minimum atomic E-state index is -3.73. The second-order valence-electron chi connectivity index (χ2n) is 6.83. The minimum Gasteiger partial charge on any atom is -0.352 e. The van der Waals surface area contributed by atoms with Crippen molar-refractivity contribution in [3.8, 4) is 0 Å². The normalized spacial score (nSPS) is 15.3. The van der Waals surface area contributed by atoms with E-state index in [1.807, 2.05) is 0 Å². The van der Waals surface area contributed by atoms with Gasteiger partial charge in [-0.05, 0) is 49.1 Å². The summed E-state index contributed by atoms with van der Waals surface area (Å²) >= 11 is 6.21. The molecule has 27 heavy (non-hydrogen) atoms. The van der Waals surface area contributed by atoms with Crippen LogP contribution in [-0.2, 0) is 10.0 Å². The number of benzene rings is 2. The lowest BCUT2D eigenvalue weighted by molar-refractivity contribution is 0.0943. The highest BCUT2D eigenvalue weighted by molar-refractivity contribution is 7.92. The molecular formula is C20H23ClN2O3S. The summed E-state index contributed by atoms with van der Waals surface area (Å²) in [4.78, 5) is 12.5. The lowest BCUT2D eigenvalue weighted by Crippen LogP contribution is -2.30. The van der Waals surface area contributed by atoms with E-state index < -0.39 is 10.0 Å². The molecule has 5 nitrogen and oxygen atoms in total. The van der Waals surface area contributed by atoms with Gasteiger partial charge in [-0.2, -0.15) is 0 Å². The molecule has 0 radical (unpaired) electrons. The third-order valence-electron chi connectivity index (χ3n) is 4.81. The van der Waals surface area contributed by atoms with E-state index in [4.69, 9.17) is 11.6 Å². The molecule has 2 N–H and O–H groups in total. The monoisotopic (exact) mass is 406 g/mol. The zero-order chi connectivity index (χ0) is 19.3. The van der Waals surface area contributed by atoms with Crippen molar-refractivity contribution in [3.05, 3.63) is 59.1 Å². The number of anilines is 1. The summed E-state index contributed by atoms with van der Waals surface area (Å²) in [6.07, 6.45) is 6.04. The van der Waals surface area contributed by atoms with E-state index in [0.29, 0.717) is 18.0 Å². The fourth-order valence-electron chi connectivity index (χ4n) is 3.27. The first-order valence-corrected chi connectivity index (χ1v) is 11.0. The van der Waals surface area contributed by atoms with E-state index in [1.54, 1.807) is 24.3 Å². The minimum absolute atomic E-state index is 0.148. The first-order valence-electron chi connectivity index (χ1n) is 9.11. The Labute approximate surface area is 165 Å². The number of rotatable bonds is 6. The SMILES string of the molecule is O=C(NCC1CCCCC1)c1ccc(NS(=O)(=O)c2ccccc2)c(Cl)c1. The average Bonchev–Trinajstić information content (AvgIpc) is 2.69. The third-order valence-corrected chi connectivity index (χ3v) is 6.50. The van der Waals surface area contributed by atoms with E-state index in [9.17, 15) is 13.2 Å². The summed E-state index contributed by atoms with van der Waals surface area (Å²) in [6, 6.07) is 12.6. The quantitative estimate of drug-likeness (QED) is 0.744. The van der Waals surface area contributed by atoms with Crippen LogP contribution in [0.3, 0.4) is 0 Å². The van der Waals surface area contributed by atoms with Crippen molar-refractivity contribution in [3.63, 3.8) is 0 Å². The first-order chi connectivity index (χ1) is 13.0. The Kier molecular flexibility index (Phi) is 6.39. The molecule has 3 rings (SSSR count). The Balaban J connectivity index is 1.65. The van der Waals surface area contributed by atoms with Crippen molar-refractivity contribution in [2.45, 2.75) is 37.0 Å². The fourth-order valence-corrected chi connectivity index (χ4v) is 4.66. The maximum absolute atomic E-state index is 12.4. The number of carbonyl (C=O) groups is 1. The number of nitrogens with one attached hydrogen (secondary N) is 2. The number of hydrogen-bond acceptors (Lipinski definition) is 3. The van der Waals surface area contributed by atoms with Crippen molar-refractivity contribution < 1.29 is 13.2 Å². The van der Waals surface area contributed by atoms with Gasteiger partial charge in [-0.1, -0.05) is 49.1 Å². The number of halogens is 1. The molecule has 0 atom stereocenters. The van der Waals surface area contributed by atoms with Gasteiger partial charge in [-0.15, -0.1) is 0 Å². The van der Waals surface area contributed by atoms with Gasteiger partial charge in [0.2, 0.25) is 0 Å². The zero-order valence-corrected chi connectivity index (χ0v) is 16.5. The lowest BCUT2D eigenvalue weighted by Gasteiger charge is -2.21. The molecule has 1 saturated carbocycles. The highest BCUT2D eigenvalue weighted by Gasteiger charge is 2.18. The number of sulfonamides is 1. The Bertz CT molecular complexity index is 895. The summed E-state index contributed by atoms with van der Waals surface area (Å²) in [5.41, 5.74) is 0.655. The molecule has 1 fully saturated rings. The lowest BCUT2D eigenvalue weighted by atomic mass is 9.89. The van der Waals surface area contributed by atoms with Gasteiger partial charge in [0.05, 0.1) is 15.6 Å². The summed E-state index contributed by atoms with van der Waals surface area (Å²) in [7, 11) is -3.73. The predicted octanol–water partition coefficient (Wildman–Crippen LogP) is 4.45. The van der Waals surface area contributed by atoms with Crippen LogP contribution in [0.2, 0.25) is 5.02 Å². The molecule has 144 valence electrons. The molecule has 0 spiro atoms. The van der Waals surface area contributed by atoms with Gasteiger partial charge in [0.1, 0.15) is 0 Å². The van der Waals surface area contributed by atoms with Gasteiger partial charge >= 0.3 is 0 Å². The maximum atomic E-state index is 12.4. The molecule has 0 aliphatic heterocycles. The first kappa shape index (κ1) is 19.7.